The van der Waals surface area contributed by atoms with Gasteiger partial charge in [-0.3, -0.25) is 9.59 Å². The van der Waals surface area contributed by atoms with Crippen LogP contribution in [0.1, 0.15) is 10.5 Å². The zero-order valence-corrected chi connectivity index (χ0v) is 11.5. The van der Waals surface area contributed by atoms with Gasteiger partial charge < -0.3 is 5.32 Å². The van der Waals surface area contributed by atoms with E-state index in [-0.39, 0.29) is 5.69 Å². The Labute approximate surface area is 120 Å². The van der Waals surface area contributed by atoms with Gasteiger partial charge in [-0.25, -0.2) is 4.68 Å². The predicted octanol–water partition coefficient (Wildman–Crippen LogP) is 1.80. The average molecular weight is 290 g/mol. The van der Waals surface area contributed by atoms with Crippen LogP contribution >= 0.6 is 11.6 Å². The van der Waals surface area contributed by atoms with Crippen molar-refractivity contribution in [2.24, 2.45) is 0 Å². The van der Waals surface area contributed by atoms with E-state index in [4.69, 9.17) is 11.6 Å². The van der Waals surface area contributed by atoms with E-state index in [2.05, 4.69) is 10.4 Å². The molecule has 1 N–H and O–H groups in total. The van der Waals surface area contributed by atoms with Crippen LogP contribution in [0.15, 0.2) is 53.6 Å². The highest BCUT2D eigenvalue weighted by Gasteiger charge is 2.10. The van der Waals surface area contributed by atoms with Gasteiger partial charge in [-0.1, -0.05) is 17.7 Å². The predicted molar refractivity (Wildman–Crippen MR) is 77.4 cm³/mol. The number of carbonyl (C=O) groups is 1. The molecule has 5 nitrogen and oxygen atoms in total. The summed E-state index contributed by atoms with van der Waals surface area (Å²) < 4.78 is 1.44. The minimum absolute atomic E-state index is 0.140. The van der Waals surface area contributed by atoms with Crippen molar-refractivity contribution in [1.29, 1.82) is 0 Å². The summed E-state index contributed by atoms with van der Waals surface area (Å²) in [5.74, 6) is -0.458. The molecular weight excluding hydrogens is 278 g/mol. The molecular formula is C14H12ClN3O2. The molecule has 0 saturated heterocycles. The number of ketones is 1. The number of carbonyl (C=O) groups excluding carboxylic acids is 1. The number of hydrogen-bond donors (Lipinski definition) is 1. The largest absolute Gasteiger partial charge is 0.394 e. The fraction of sp³-hybridized carbons (Fsp3) is 0.0714. The van der Waals surface area contributed by atoms with Gasteiger partial charge in [-0.2, -0.15) is 5.10 Å². The van der Waals surface area contributed by atoms with Gasteiger partial charge in [0, 0.05) is 36.6 Å². The lowest BCUT2D eigenvalue weighted by Gasteiger charge is -2.06. The molecule has 0 spiro atoms. The molecule has 0 aliphatic carbocycles. The van der Waals surface area contributed by atoms with Crippen LogP contribution in [0, 0.1) is 0 Å². The van der Waals surface area contributed by atoms with E-state index >= 15 is 0 Å². The Bertz CT molecular complexity index is 722. The van der Waals surface area contributed by atoms with E-state index in [0.29, 0.717) is 10.7 Å². The summed E-state index contributed by atoms with van der Waals surface area (Å²) in [6, 6.07) is 8.27. The van der Waals surface area contributed by atoms with E-state index in [1.807, 2.05) is 0 Å². The molecule has 0 unspecified atom stereocenters. The molecule has 1 aromatic heterocycles. The topological polar surface area (TPSA) is 64.0 Å². The van der Waals surface area contributed by atoms with Gasteiger partial charge in [0.15, 0.2) is 5.69 Å². The van der Waals surface area contributed by atoms with E-state index in [9.17, 15) is 9.59 Å². The lowest BCUT2D eigenvalue weighted by Crippen LogP contribution is -2.19. The van der Waals surface area contributed by atoms with Crippen molar-refractivity contribution in [3.63, 3.8) is 0 Å². The zero-order valence-electron chi connectivity index (χ0n) is 10.7. The second-order valence-electron chi connectivity index (χ2n) is 3.94. The van der Waals surface area contributed by atoms with Crippen LogP contribution in [-0.2, 0) is 0 Å². The van der Waals surface area contributed by atoms with Gasteiger partial charge in [-0.15, -0.1) is 0 Å². The monoisotopic (exact) mass is 289 g/mol. The summed E-state index contributed by atoms with van der Waals surface area (Å²) in [7, 11) is 1.66. The molecule has 0 atom stereocenters. The van der Waals surface area contributed by atoms with Crippen LogP contribution in [0.2, 0.25) is 5.02 Å². The Morgan fingerprint density at radius 2 is 2.20 bits per heavy atom. The number of rotatable bonds is 4. The third-order valence-electron chi connectivity index (χ3n) is 2.52. The fourth-order valence-electron chi connectivity index (χ4n) is 1.58. The van der Waals surface area contributed by atoms with E-state index in [1.165, 1.54) is 29.2 Å². The number of hydrogen-bond acceptors (Lipinski definition) is 4. The first-order valence-corrected chi connectivity index (χ1v) is 6.23. The summed E-state index contributed by atoms with van der Waals surface area (Å²) >= 11 is 5.91. The smallest absolute Gasteiger partial charge is 0.211 e. The third-order valence-corrected chi connectivity index (χ3v) is 2.75. The van der Waals surface area contributed by atoms with Crippen LogP contribution in [-0.4, -0.2) is 22.6 Å². The molecule has 0 aliphatic heterocycles. The summed E-state index contributed by atoms with van der Waals surface area (Å²) in [5.41, 5.74) is 0.108. The van der Waals surface area contributed by atoms with Gasteiger partial charge in [0.25, 0.3) is 0 Å². The summed E-state index contributed by atoms with van der Waals surface area (Å²) in [5, 5.41) is 7.29. The van der Waals surface area contributed by atoms with Crippen molar-refractivity contribution in [3.8, 4) is 5.69 Å². The average Bonchev–Trinajstić information content (AvgIpc) is 2.45. The third kappa shape index (κ3) is 3.13. The highest BCUT2D eigenvalue weighted by Crippen LogP contribution is 2.13. The lowest BCUT2D eigenvalue weighted by atomic mass is 10.2. The lowest BCUT2D eigenvalue weighted by molar-refractivity contribution is 0.103. The molecule has 0 fully saturated rings. The molecule has 1 aromatic carbocycles. The van der Waals surface area contributed by atoms with E-state index in [1.54, 1.807) is 31.3 Å². The first kappa shape index (κ1) is 14.0. The van der Waals surface area contributed by atoms with Gasteiger partial charge in [0.05, 0.1) is 5.69 Å². The molecule has 0 amide bonds. The Morgan fingerprint density at radius 1 is 1.40 bits per heavy atom. The van der Waals surface area contributed by atoms with Crippen LogP contribution < -0.4 is 10.7 Å². The molecule has 0 radical (unpaired) electrons. The highest BCUT2D eigenvalue weighted by molar-refractivity contribution is 6.30. The Morgan fingerprint density at radius 3 is 2.90 bits per heavy atom. The maximum Gasteiger partial charge on any atom is 0.211 e. The maximum atomic E-state index is 11.8. The standard InChI is InChI=1S/C14H12ClN3O2/c1-16-7-5-12(19)14-13(20)6-8-18(17-14)11-4-2-3-10(15)9-11/h2-9,16H,1H3/b7-5+. The number of benzene rings is 1. The number of halogens is 1. The summed E-state index contributed by atoms with van der Waals surface area (Å²) in [6.45, 7) is 0. The van der Waals surface area contributed by atoms with Crippen LogP contribution in [0.4, 0.5) is 0 Å². The minimum atomic E-state index is -0.458. The maximum absolute atomic E-state index is 11.8. The Kier molecular flexibility index (Phi) is 4.32. The number of nitrogens with one attached hydrogen (secondary N) is 1. The molecule has 0 aliphatic rings. The normalized spacial score (nSPS) is 10.7. The van der Waals surface area contributed by atoms with Gasteiger partial charge in [0.2, 0.25) is 11.2 Å². The van der Waals surface area contributed by atoms with Crippen LogP contribution in [0.3, 0.4) is 0 Å². The summed E-state index contributed by atoms with van der Waals surface area (Å²) in [4.78, 5) is 23.5. The molecule has 1 heterocycles. The second kappa shape index (κ2) is 6.16. The molecule has 0 saturated carbocycles. The number of allylic oxidation sites excluding steroid dienone is 1. The van der Waals surface area contributed by atoms with E-state index in [0.717, 1.165) is 0 Å². The number of aromatic nitrogens is 2. The second-order valence-corrected chi connectivity index (χ2v) is 4.38. The van der Waals surface area contributed by atoms with Crippen molar-refractivity contribution >= 4 is 17.4 Å². The molecule has 20 heavy (non-hydrogen) atoms. The van der Waals surface area contributed by atoms with Crippen molar-refractivity contribution < 1.29 is 4.79 Å². The fourth-order valence-corrected chi connectivity index (χ4v) is 1.76. The van der Waals surface area contributed by atoms with Crippen LogP contribution in [0.25, 0.3) is 5.69 Å². The molecule has 6 heteroatoms. The molecule has 0 bridgehead atoms. The van der Waals surface area contributed by atoms with Crippen molar-refractivity contribution in [2.75, 3.05) is 7.05 Å². The van der Waals surface area contributed by atoms with Gasteiger partial charge >= 0.3 is 0 Å². The SMILES string of the molecule is CN/C=C/C(=O)c1nn(-c2cccc(Cl)c2)ccc1=O. The van der Waals surface area contributed by atoms with E-state index < -0.39 is 11.2 Å². The van der Waals surface area contributed by atoms with Crippen molar-refractivity contribution in [1.82, 2.24) is 15.1 Å². The zero-order chi connectivity index (χ0) is 14.5. The minimum Gasteiger partial charge on any atom is -0.394 e. The molecule has 102 valence electrons. The van der Waals surface area contributed by atoms with Crippen molar-refractivity contribution in [3.05, 3.63) is 69.7 Å². The Balaban J connectivity index is 2.46. The molecule has 2 aromatic rings. The van der Waals surface area contributed by atoms with Gasteiger partial charge in [0.1, 0.15) is 0 Å². The molecule has 2 rings (SSSR count). The highest BCUT2D eigenvalue weighted by atomic mass is 35.5. The van der Waals surface area contributed by atoms with Gasteiger partial charge in [-0.05, 0) is 18.2 Å². The Hall–Kier alpha value is -2.40. The number of nitrogens with zero attached hydrogens (tertiary/aromatic N) is 2. The quantitative estimate of drug-likeness (QED) is 0.689. The summed E-state index contributed by atoms with van der Waals surface area (Å²) in [6.07, 6.45) is 4.19. The van der Waals surface area contributed by atoms with Crippen molar-refractivity contribution in [2.45, 2.75) is 0 Å². The van der Waals surface area contributed by atoms with Crippen LogP contribution in [0.5, 0.6) is 0 Å². The first-order chi connectivity index (χ1) is 9.61. The first-order valence-electron chi connectivity index (χ1n) is 5.86.